The fourth-order valence-electron chi connectivity index (χ4n) is 5.04. The highest BCUT2D eigenvalue weighted by atomic mass is 15.1. The van der Waals surface area contributed by atoms with Crippen molar-refractivity contribution in [3.05, 3.63) is 59.7 Å². The van der Waals surface area contributed by atoms with Crippen LogP contribution in [-0.4, -0.2) is 28.2 Å². The van der Waals surface area contributed by atoms with E-state index < -0.39 is 0 Å². The van der Waals surface area contributed by atoms with Crippen LogP contribution in [0.5, 0.6) is 0 Å². The summed E-state index contributed by atoms with van der Waals surface area (Å²) in [7, 11) is 8.63. The van der Waals surface area contributed by atoms with E-state index in [9.17, 15) is 0 Å². The molecule has 0 saturated heterocycles. The molecule has 0 amide bonds. The predicted molar refractivity (Wildman–Crippen MR) is 124 cm³/mol. The molecule has 0 saturated carbocycles. The molecule has 2 heteroatoms. The molecule has 1 aliphatic carbocycles. The van der Waals surface area contributed by atoms with E-state index in [2.05, 4.69) is 86.5 Å². The van der Waals surface area contributed by atoms with Gasteiger partial charge in [-0.3, -0.25) is 0 Å². The lowest BCUT2D eigenvalue weighted by Crippen LogP contribution is -2.12. The van der Waals surface area contributed by atoms with Crippen LogP contribution in [0, 0.1) is 0 Å². The van der Waals surface area contributed by atoms with Gasteiger partial charge in [0.1, 0.15) is 0 Å². The van der Waals surface area contributed by atoms with Crippen LogP contribution >= 0.6 is 0 Å². The number of aryl methyl sites for hydroxylation is 2. The zero-order chi connectivity index (χ0) is 19.4. The maximum Gasteiger partial charge on any atom is 0.0447 e. The summed E-state index contributed by atoms with van der Waals surface area (Å²) in [5.41, 5.74) is 5.75. The first kappa shape index (κ1) is 17.4. The molecule has 0 bridgehead atoms. The molecular weight excluding hydrogens is 340 g/mol. The molecule has 5 rings (SSSR count). The molecule has 0 spiro atoms. The number of nitrogens with zero attached hydrogens (tertiary/aromatic N) is 2. The average Bonchev–Trinajstić information content (AvgIpc) is 2.71. The second kappa shape index (κ2) is 6.41. The second-order valence-corrected chi connectivity index (χ2v) is 8.55. The summed E-state index contributed by atoms with van der Waals surface area (Å²) in [6, 6.07) is 18.4. The molecule has 0 N–H and O–H groups in total. The van der Waals surface area contributed by atoms with E-state index in [1.54, 1.807) is 11.1 Å². The van der Waals surface area contributed by atoms with Gasteiger partial charge >= 0.3 is 0 Å². The third kappa shape index (κ3) is 2.47. The van der Waals surface area contributed by atoms with E-state index >= 15 is 0 Å². The molecule has 142 valence electrons. The molecule has 0 unspecified atom stereocenters. The van der Waals surface area contributed by atoms with E-state index in [0.717, 1.165) is 0 Å². The van der Waals surface area contributed by atoms with E-state index in [1.165, 1.54) is 69.4 Å². The Bertz CT molecular complexity index is 1220. The number of benzene rings is 4. The molecule has 2 nitrogen and oxygen atoms in total. The van der Waals surface area contributed by atoms with Crippen LogP contribution in [0.25, 0.3) is 32.3 Å². The van der Waals surface area contributed by atoms with Crippen LogP contribution in [0.2, 0.25) is 0 Å². The van der Waals surface area contributed by atoms with Gasteiger partial charge < -0.3 is 9.80 Å². The van der Waals surface area contributed by atoms with E-state index in [4.69, 9.17) is 0 Å². The first-order chi connectivity index (χ1) is 13.6. The van der Waals surface area contributed by atoms with Gasteiger partial charge in [0, 0.05) is 50.3 Å². The van der Waals surface area contributed by atoms with Crippen molar-refractivity contribution in [1.29, 1.82) is 0 Å². The van der Waals surface area contributed by atoms with Crippen LogP contribution in [0.1, 0.15) is 24.0 Å². The molecule has 4 aromatic carbocycles. The zero-order valence-electron chi connectivity index (χ0n) is 17.3. The molecule has 0 aliphatic heterocycles. The van der Waals surface area contributed by atoms with Gasteiger partial charge in [-0.05, 0) is 70.5 Å². The second-order valence-electron chi connectivity index (χ2n) is 8.55. The van der Waals surface area contributed by atoms with Gasteiger partial charge in [0.05, 0.1) is 0 Å². The van der Waals surface area contributed by atoms with Crippen molar-refractivity contribution in [2.45, 2.75) is 25.7 Å². The molecule has 0 atom stereocenters. The molecular formula is C26H28N2. The number of hydrogen-bond acceptors (Lipinski definition) is 2. The third-order valence-corrected chi connectivity index (χ3v) is 6.39. The summed E-state index contributed by atoms with van der Waals surface area (Å²) in [5, 5.41) is 8.32. The van der Waals surface area contributed by atoms with Crippen molar-refractivity contribution in [2.75, 3.05) is 38.0 Å². The van der Waals surface area contributed by atoms with Crippen LogP contribution in [0.4, 0.5) is 11.4 Å². The minimum Gasteiger partial charge on any atom is -0.377 e. The summed E-state index contributed by atoms with van der Waals surface area (Å²) in [6.07, 6.45) is 5.03. The van der Waals surface area contributed by atoms with Gasteiger partial charge in [0.25, 0.3) is 0 Å². The number of rotatable bonds is 2. The van der Waals surface area contributed by atoms with E-state index in [1.807, 2.05) is 0 Å². The molecule has 0 radical (unpaired) electrons. The quantitative estimate of drug-likeness (QED) is 0.391. The van der Waals surface area contributed by atoms with Crippen molar-refractivity contribution < 1.29 is 0 Å². The number of anilines is 2. The summed E-state index contributed by atoms with van der Waals surface area (Å²) >= 11 is 0. The summed E-state index contributed by atoms with van der Waals surface area (Å²) < 4.78 is 0. The Morgan fingerprint density at radius 1 is 0.607 bits per heavy atom. The smallest absolute Gasteiger partial charge is 0.0447 e. The van der Waals surface area contributed by atoms with Crippen LogP contribution in [-0.2, 0) is 12.8 Å². The average molecular weight is 369 g/mol. The molecule has 0 aromatic heterocycles. The lowest BCUT2D eigenvalue weighted by molar-refractivity contribution is 0.690. The highest BCUT2D eigenvalue weighted by Gasteiger charge is 2.19. The third-order valence-electron chi connectivity index (χ3n) is 6.39. The van der Waals surface area contributed by atoms with Gasteiger partial charge in [-0.15, -0.1) is 0 Å². The molecule has 1 aliphatic rings. The minimum atomic E-state index is 1.20. The van der Waals surface area contributed by atoms with Gasteiger partial charge in [0.2, 0.25) is 0 Å². The Morgan fingerprint density at radius 2 is 1.25 bits per heavy atom. The topological polar surface area (TPSA) is 6.48 Å². The zero-order valence-corrected chi connectivity index (χ0v) is 17.3. The van der Waals surface area contributed by atoms with Crippen LogP contribution in [0.15, 0.2) is 48.5 Å². The normalized spacial score (nSPS) is 13.9. The summed E-state index contributed by atoms with van der Waals surface area (Å²) in [5.74, 6) is 0. The molecule has 0 fully saturated rings. The summed E-state index contributed by atoms with van der Waals surface area (Å²) in [6.45, 7) is 0. The van der Waals surface area contributed by atoms with E-state index in [-0.39, 0.29) is 0 Å². The SMILES string of the molecule is CN(C)c1cc2c(cc(N(C)C)c3ccc4c(c32)CCCC4)c2ccccc12. The maximum absolute atomic E-state index is 2.42. The minimum absolute atomic E-state index is 1.20. The number of hydrogen-bond donors (Lipinski definition) is 0. The Morgan fingerprint density at radius 3 is 2.00 bits per heavy atom. The maximum atomic E-state index is 2.42. The molecule has 28 heavy (non-hydrogen) atoms. The van der Waals surface area contributed by atoms with E-state index in [0.29, 0.717) is 0 Å². The van der Waals surface area contributed by atoms with Crippen molar-refractivity contribution in [2.24, 2.45) is 0 Å². The predicted octanol–water partition coefficient (Wildman–Crippen LogP) is 6.16. The van der Waals surface area contributed by atoms with Crippen molar-refractivity contribution in [1.82, 2.24) is 0 Å². The van der Waals surface area contributed by atoms with Gasteiger partial charge in [-0.25, -0.2) is 0 Å². The lowest BCUT2D eigenvalue weighted by Gasteiger charge is -2.25. The Labute approximate surface area is 167 Å². The molecule has 4 aromatic rings. The Hall–Kier alpha value is -2.74. The van der Waals surface area contributed by atoms with Gasteiger partial charge in [-0.2, -0.15) is 0 Å². The van der Waals surface area contributed by atoms with Crippen LogP contribution < -0.4 is 9.80 Å². The fraction of sp³-hybridized carbons (Fsp3) is 0.308. The standard InChI is InChI=1S/C26H28N2/c1-27(2)24-16-23-22(19-11-7-8-12-20(19)24)15-25(28(3)4)21-14-13-17-9-5-6-10-18(17)26(21)23/h7-8,11-16H,5-6,9-10H2,1-4H3. The highest BCUT2D eigenvalue weighted by Crippen LogP contribution is 2.43. The van der Waals surface area contributed by atoms with Crippen molar-refractivity contribution >= 4 is 43.7 Å². The molecule has 0 heterocycles. The highest BCUT2D eigenvalue weighted by molar-refractivity contribution is 6.24. The number of fused-ring (bicyclic) bond motifs is 7. The summed E-state index contributed by atoms with van der Waals surface area (Å²) in [4.78, 5) is 4.52. The Balaban J connectivity index is 2.06. The van der Waals surface area contributed by atoms with Crippen molar-refractivity contribution in [3.63, 3.8) is 0 Å². The monoisotopic (exact) mass is 368 g/mol. The first-order valence-corrected chi connectivity index (χ1v) is 10.3. The van der Waals surface area contributed by atoms with Gasteiger partial charge in [-0.1, -0.05) is 36.4 Å². The lowest BCUT2D eigenvalue weighted by atomic mass is 9.84. The van der Waals surface area contributed by atoms with Gasteiger partial charge in [0.15, 0.2) is 0 Å². The largest absolute Gasteiger partial charge is 0.377 e. The first-order valence-electron chi connectivity index (χ1n) is 10.3. The van der Waals surface area contributed by atoms with Crippen LogP contribution in [0.3, 0.4) is 0 Å². The fourth-order valence-corrected chi connectivity index (χ4v) is 5.04. The Kier molecular flexibility index (Phi) is 3.97. The van der Waals surface area contributed by atoms with Crippen molar-refractivity contribution in [3.8, 4) is 0 Å².